The maximum atomic E-state index is 11.0. The molecule has 0 saturated heterocycles. The molecule has 1 rings (SSSR count). The van der Waals surface area contributed by atoms with Gasteiger partial charge < -0.3 is 5.11 Å². The molecule has 1 N–H and O–H groups in total. The monoisotopic (exact) mass is 262 g/mol. The van der Waals surface area contributed by atoms with E-state index in [9.17, 15) is 8.42 Å². The third-order valence-electron chi connectivity index (χ3n) is 2.18. The van der Waals surface area contributed by atoms with Crippen LogP contribution in [0.3, 0.4) is 0 Å². The van der Waals surface area contributed by atoms with Gasteiger partial charge in [-0.25, -0.2) is 8.42 Å². The Morgan fingerprint density at radius 3 is 2.19 bits per heavy atom. The Morgan fingerprint density at radius 2 is 1.75 bits per heavy atom. The van der Waals surface area contributed by atoms with E-state index in [1.54, 1.807) is 24.3 Å². The smallest absolute Gasteiger partial charge is 0.233 e. The Hall–Kier alpha value is -0.740. The van der Waals surface area contributed by atoms with Crippen molar-refractivity contribution in [2.24, 2.45) is 5.41 Å². The minimum absolute atomic E-state index is 0.0670. The van der Waals surface area contributed by atoms with Crippen molar-refractivity contribution in [3.8, 4) is 5.75 Å². The van der Waals surface area contributed by atoms with E-state index in [4.69, 9.17) is 15.8 Å². The number of hydrogen-bond donors (Lipinski definition) is 1. The zero-order valence-corrected chi connectivity index (χ0v) is 10.8. The molecule has 0 amide bonds. The second-order valence-electron chi connectivity index (χ2n) is 4.69. The van der Waals surface area contributed by atoms with E-state index < -0.39 is 14.5 Å². The summed E-state index contributed by atoms with van der Waals surface area (Å²) in [4.78, 5) is 0. The molecular weight excluding hydrogens is 248 g/mol. The molecule has 0 saturated carbocycles. The quantitative estimate of drug-likeness (QED) is 0.849. The van der Waals surface area contributed by atoms with Gasteiger partial charge in [-0.3, -0.25) is 0 Å². The fourth-order valence-electron chi connectivity index (χ4n) is 1.68. The lowest BCUT2D eigenvalue weighted by molar-refractivity contribution is 0.411. The normalized spacial score (nSPS) is 12.7. The van der Waals surface area contributed by atoms with Gasteiger partial charge in [0, 0.05) is 10.7 Å². The summed E-state index contributed by atoms with van der Waals surface area (Å²) in [6.45, 7) is 3.69. The first kappa shape index (κ1) is 13.3. The van der Waals surface area contributed by atoms with Gasteiger partial charge in [-0.05, 0) is 29.5 Å². The number of rotatable bonds is 4. The molecule has 0 radical (unpaired) electrons. The summed E-state index contributed by atoms with van der Waals surface area (Å²) in [5.41, 5.74) is 0.556. The van der Waals surface area contributed by atoms with Crippen LogP contribution in [0.15, 0.2) is 24.3 Å². The highest BCUT2D eigenvalue weighted by Crippen LogP contribution is 2.26. The molecule has 0 heterocycles. The largest absolute Gasteiger partial charge is 0.508 e. The van der Waals surface area contributed by atoms with Gasteiger partial charge in [-0.1, -0.05) is 26.0 Å². The Kier molecular flexibility index (Phi) is 3.86. The highest BCUT2D eigenvalue weighted by atomic mass is 35.7. The molecule has 0 atom stereocenters. The van der Waals surface area contributed by atoms with Crippen LogP contribution in [0.5, 0.6) is 5.75 Å². The molecule has 90 valence electrons. The molecule has 0 aromatic heterocycles. The van der Waals surface area contributed by atoms with Crippen LogP contribution in [-0.4, -0.2) is 19.3 Å². The molecule has 1 aromatic rings. The number of halogens is 1. The zero-order valence-electron chi connectivity index (χ0n) is 9.27. The Balaban J connectivity index is 2.76. The molecule has 0 spiro atoms. The average molecular weight is 263 g/mol. The van der Waals surface area contributed by atoms with E-state index >= 15 is 0 Å². The zero-order chi connectivity index (χ0) is 12.4. The highest BCUT2D eigenvalue weighted by molar-refractivity contribution is 8.13. The number of phenols is 1. The van der Waals surface area contributed by atoms with Gasteiger partial charge in [0.1, 0.15) is 5.75 Å². The van der Waals surface area contributed by atoms with Gasteiger partial charge in [0.25, 0.3) is 0 Å². The first-order valence-electron chi connectivity index (χ1n) is 4.88. The maximum Gasteiger partial charge on any atom is 0.233 e. The van der Waals surface area contributed by atoms with E-state index in [1.165, 1.54) is 0 Å². The second kappa shape index (κ2) is 4.63. The predicted molar refractivity (Wildman–Crippen MR) is 65.2 cm³/mol. The van der Waals surface area contributed by atoms with Crippen molar-refractivity contribution in [1.82, 2.24) is 0 Å². The van der Waals surface area contributed by atoms with Crippen LogP contribution < -0.4 is 0 Å². The van der Waals surface area contributed by atoms with Crippen LogP contribution in [0.2, 0.25) is 0 Å². The second-order valence-corrected chi connectivity index (χ2v) is 7.47. The summed E-state index contributed by atoms with van der Waals surface area (Å²) in [6.07, 6.45) is 0.596. The Labute approximate surface area is 100 Å². The first-order valence-corrected chi connectivity index (χ1v) is 7.36. The lowest BCUT2D eigenvalue weighted by Crippen LogP contribution is -2.23. The lowest BCUT2D eigenvalue weighted by atomic mass is 9.88. The van der Waals surface area contributed by atoms with Crippen LogP contribution in [0, 0.1) is 5.41 Å². The highest BCUT2D eigenvalue weighted by Gasteiger charge is 2.25. The minimum atomic E-state index is -3.49. The van der Waals surface area contributed by atoms with Gasteiger partial charge in [0.15, 0.2) is 0 Å². The van der Waals surface area contributed by atoms with Crippen LogP contribution in [0.1, 0.15) is 19.4 Å². The molecule has 5 heteroatoms. The Bertz CT molecular complexity index is 449. The van der Waals surface area contributed by atoms with E-state index in [1.807, 2.05) is 13.8 Å². The Morgan fingerprint density at radius 1 is 1.25 bits per heavy atom. The SMILES string of the molecule is CC(C)(Cc1ccc(O)cc1)CS(=O)(=O)Cl. The molecule has 0 aliphatic heterocycles. The van der Waals surface area contributed by atoms with Gasteiger partial charge >= 0.3 is 0 Å². The van der Waals surface area contributed by atoms with Crippen molar-refractivity contribution >= 4 is 19.7 Å². The molecule has 16 heavy (non-hydrogen) atoms. The van der Waals surface area contributed by atoms with Crippen molar-refractivity contribution in [1.29, 1.82) is 0 Å². The van der Waals surface area contributed by atoms with Gasteiger partial charge in [0.2, 0.25) is 9.05 Å². The van der Waals surface area contributed by atoms with Crippen LogP contribution >= 0.6 is 10.7 Å². The predicted octanol–water partition coefficient (Wildman–Crippen LogP) is 2.53. The topological polar surface area (TPSA) is 54.4 Å². The number of phenolic OH excluding ortho intramolecular Hbond substituents is 1. The van der Waals surface area contributed by atoms with Crippen molar-refractivity contribution in [2.75, 3.05) is 5.75 Å². The van der Waals surface area contributed by atoms with E-state index in [0.29, 0.717) is 6.42 Å². The number of hydrogen-bond acceptors (Lipinski definition) is 3. The van der Waals surface area contributed by atoms with Crippen molar-refractivity contribution in [3.05, 3.63) is 29.8 Å². The van der Waals surface area contributed by atoms with Crippen LogP contribution in [0.25, 0.3) is 0 Å². The van der Waals surface area contributed by atoms with Crippen molar-refractivity contribution < 1.29 is 13.5 Å². The fraction of sp³-hybridized carbons (Fsp3) is 0.455. The summed E-state index contributed by atoms with van der Waals surface area (Å²) >= 11 is 0. The summed E-state index contributed by atoms with van der Waals surface area (Å²) in [5, 5.41) is 9.12. The number of aromatic hydroxyl groups is 1. The van der Waals surface area contributed by atoms with Crippen LogP contribution in [0.4, 0.5) is 0 Å². The van der Waals surface area contributed by atoms with Crippen LogP contribution in [-0.2, 0) is 15.5 Å². The summed E-state index contributed by atoms with van der Waals surface area (Å²) in [6, 6.07) is 6.72. The molecule has 3 nitrogen and oxygen atoms in total. The maximum absolute atomic E-state index is 11.0. The fourth-order valence-corrected chi connectivity index (χ4v) is 3.61. The van der Waals surface area contributed by atoms with Gasteiger partial charge in [0.05, 0.1) is 5.75 Å². The standard InChI is InChI=1S/C11H15ClO3S/c1-11(2,8-16(12,14)15)7-9-3-5-10(13)6-4-9/h3-6,13H,7-8H2,1-2H3. The molecule has 0 fully saturated rings. The van der Waals surface area contributed by atoms with Gasteiger partial charge in [-0.15, -0.1) is 0 Å². The minimum Gasteiger partial charge on any atom is -0.508 e. The van der Waals surface area contributed by atoms with E-state index in [0.717, 1.165) is 5.56 Å². The molecule has 0 aliphatic carbocycles. The molecule has 1 aromatic carbocycles. The average Bonchev–Trinajstić information content (AvgIpc) is 2.04. The van der Waals surface area contributed by atoms with Crippen molar-refractivity contribution in [3.63, 3.8) is 0 Å². The lowest BCUT2D eigenvalue weighted by Gasteiger charge is -2.22. The molecule has 0 bridgehead atoms. The summed E-state index contributed by atoms with van der Waals surface area (Å²) in [7, 11) is 1.75. The molecular formula is C11H15ClO3S. The summed E-state index contributed by atoms with van der Waals surface area (Å²) in [5.74, 6) is 0.133. The first-order chi connectivity index (χ1) is 7.18. The number of benzene rings is 1. The molecule has 0 aliphatic rings. The van der Waals surface area contributed by atoms with Crippen molar-refractivity contribution in [2.45, 2.75) is 20.3 Å². The third kappa shape index (κ3) is 4.86. The van der Waals surface area contributed by atoms with E-state index in [-0.39, 0.29) is 11.5 Å². The summed E-state index contributed by atoms with van der Waals surface area (Å²) < 4.78 is 22.0. The third-order valence-corrected chi connectivity index (χ3v) is 3.64. The van der Waals surface area contributed by atoms with E-state index in [2.05, 4.69) is 0 Å². The van der Waals surface area contributed by atoms with Gasteiger partial charge in [-0.2, -0.15) is 0 Å². The molecule has 0 unspecified atom stereocenters.